The number of furan rings is 1. The van der Waals surface area contributed by atoms with Crippen LogP contribution in [-0.4, -0.2) is 35.9 Å². The molecule has 7 heteroatoms. The zero-order valence-electron chi connectivity index (χ0n) is 21.9. The second-order valence-electron chi connectivity index (χ2n) is 10.2. The Bertz CT molecular complexity index is 1280. The number of aryl methyl sites for hydroxylation is 1. The highest BCUT2D eigenvalue weighted by Crippen LogP contribution is 2.41. The lowest BCUT2D eigenvalue weighted by Crippen LogP contribution is -2.28. The van der Waals surface area contributed by atoms with E-state index in [1.165, 1.54) is 0 Å². The van der Waals surface area contributed by atoms with Gasteiger partial charge in [0, 0.05) is 16.2 Å². The first-order valence-electron chi connectivity index (χ1n) is 12.2. The van der Waals surface area contributed by atoms with Gasteiger partial charge in [0.15, 0.2) is 11.5 Å². The summed E-state index contributed by atoms with van der Waals surface area (Å²) in [7, 11) is 0. The first-order valence-corrected chi connectivity index (χ1v) is 12.2. The van der Waals surface area contributed by atoms with Crippen LogP contribution in [-0.2, 0) is 15.0 Å². The number of carboxylic acid groups (broad SMARTS) is 1. The Labute approximate surface area is 211 Å². The van der Waals surface area contributed by atoms with Crippen LogP contribution in [0, 0.1) is 12.3 Å². The van der Waals surface area contributed by atoms with Gasteiger partial charge in [0.05, 0.1) is 0 Å². The first-order chi connectivity index (χ1) is 16.9. The van der Waals surface area contributed by atoms with Crippen LogP contribution in [0.25, 0.3) is 11.0 Å². The number of fused-ring (bicyclic) bond motifs is 1. The number of nitrogens with one attached hydrogen (secondary N) is 1. The summed E-state index contributed by atoms with van der Waals surface area (Å²) in [6.45, 7) is 11.5. The van der Waals surface area contributed by atoms with Gasteiger partial charge in [0.1, 0.15) is 24.5 Å². The minimum atomic E-state index is -1.12. The number of hydrogen-bond acceptors (Lipinski definition) is 5. The topological polar surface area (TPSA) is 106 Å². The fourth-order valence-electron chi connectivity index (χ4n) is 4.40. The quantitative estimate of drug-likeness (QED) is 0.378. The molecule has 1 amide bonds. The third kappa shape index (κ3) is 5.61. The second-order valence-corrected chi connectivity index (χ2v) is 10.2. The first kappa shape index (κ1) is 27.0. The molecule has 2 N–H and O–H groups in total. The lowest BCUT2D eigenvalue weighted by Gasteiger charge is -2.34. The van der Waals surface area contributed by atoms with Crippen molar-refractivity contribution in [2.75, 3.05) is 13.2 Å². The molecule has 0 aliphatic carbocycles. The molecule has 0 bridgehead atoms. The molecule has 0 spiro atoms. The lowest BCUT2D eigenvalue weighted by molar-refractivity contribution is -0.135. The Morgan fingerprint density at radius 2 is 1.61 bits per heavy atom. The number of benzene rings is 2. The fraction of sp³-hybridized carbons (Fsp3) is 0.414. The zero-order valence-corrected chi connectivity index (χ0v) is 21.9. The van der Waals surface area contributed by atoms with Gasteiger partial charge in [0.2, 0.25) is 0 Å². The van der Waals surface area contributed by atoms with E-state index in [0.29, 0.717) is 11.3 Å². The largest absolute Gasteiger partial charge is 0.486 e. The van der Waals surface area contributed by atoms with E-state index in [2.05, 4.69) is 31.3 Å². The van der Waals surface area contributed by atoms with E-state index < -0.39 is 23.8 Å². The van der Waals surface area contributed by atoms with E-state index in [-0.39, 0.29) is 23.6 Å². The molecular formula is C29H35NO6. The summed E-state index contributed by atoms with van der Waals surface area (Å²) in [5.41, 5.74) is 3.03. The molecule has 0 saturated carbocycles. The average Bonchev–Trinajstić information content (AvgIpc) is 3.26. The van der Waals surface area contributed by atoms with Crippen LogP contribution in [0.2, 0.25) is 0 Å². The van der Waals surface area contributed by atoms with Crippen molar-refractivity contribution in [1.82, 2.24) is 5.32 Å². The van der Waals surface area contributed by atoms with Crippen molar-refractivity contribution in [3.63, 3.8) is 0 Å². The van der Waals surface area contributed by atoms with Gasteiger partial charge in [-0.1, -0.05) is 52.8 Å². The number of Topliss-reactive ketones (excluding diaryl/α,β-unsaturated/α-hetero) is 1. The molecule has 1 aromatic heterocycles. The Morgan fingerprint density at radius 3 is 2.19 bits per heavy atom. The molecule has 0 unspecified atom stereocenters. The van der Waals surface area contributed by atoms with Gasteiger partial charge < -0.3 is 19.6 Å². The Morgan fingerprint density at radius 1 is 0.972 bits per heavy atom. The third-order valence-corrected chi connectivity index (χ3v) is 6.82. The van der Waals surface area contributed by atoms with Crippen LogP contribution in [0.4, 0.5) is 0 Å². The lowest BCUT2D eigenvalue weighted by atomic mass is 9.70. The molecule has 0 aliphatic rings. The molecule has 3 rings (SSSR count). The van der Waals surface area contributed by atoms with Crippen LogP contribution in [0.1, 0.15) is 74.7 Å². The predicted molar refractivity (Wildman–Crippen MR) is 139 cm³/mol. The Hall–Kier alpha value is -3.61. The minimum Gasteiger partial charge on any atom is -0.486 e. The number of ketones is 1. The van der Waals surface area contributed by atoms with Gasteiger partial charge in [0.25, 0.3) is 5.91 Å². The zero-order chi connectivity index (χ0) is 26.7. The second kappa shape index (κ2) is 10.6. The highest BCUT2D eigenvalue weighted by molar-refractivity contribution is 5.97. The normalized spacial score (nSPS) is 11.9. The van der Waals surface area contributed by atoms with Crippen molar-refractivity contribution < 1.29 is 28.6 Å². The summed E-state index contributed by atoms with van der Waals surface area (Å²) in [6, 6.07) is 13.6. The van der Waals surface area contributed by atoms with E-state index in [1.54, 1.807) is 6.07 Å². The summed E-state index contributed by atoms with van der Waals surface area (Å²) in [6.07, 6.45) is 1.70. The number of aliphatic carboxylic acids is 1. The average molecular weight is 494 g/mol. The van der Waals surface area contributed by atoms with Crippen molar-refractivity contribution >= 4 is 28.6 Å². The van der Waals surface area contributed by atoms with Crippen molar-refractivity contribution in [3.05, 3.63) is 64.9 Å². The fourth-order valence-corrected chi connectivity index (χ4v) is 4.40. The van der Waals surface area contributed by atoms with Crippen molar-refractivity contribution in [2.45, 2.75) is 59.8 Å². The maximum absolute atomic E-state index is 12.3. The molecule has 0 aliphatic heterocycles. The van der Waals surface area contributed by atoms with Crippen molar-refractivity contribution in [2.24, 2.45) is 5.41 Å². The highest BCUT2D eigenvalue weighted by atomic mass is 16.5. The van der Waals surface area contributed by atoms with Gasteiger partial charge in [-0.05, 0) is 60.7 Å². The molecule has 1 heterocycles. The molecule has 3 aromatic rings. The Kier molecular flexibility index (Phi) is 7.92. The summed E-state index contributed by atoms with van der Waals surface area (Å²) in [5.74, 6) is -0.871. The number of carbonyl (C=O) groups is 3. The third-order valence-electron chi connectivity index (χ3n) is 6.82. The standard InChI is InChI=1S/C29H35NO6/c1-7-29(8-2,20-9-11-22(18(3)13-20)35-17-25(31)28(4,5)6)21-10-12-23-19(14-21)15-24(36-23)27(34)30-16-26(32)33/h9-15H,7-8,16-17H2,1-6H3,(H,30,34)(H,32,33). The molecule has 2 aromatic carbocycles. The van der Waals surface area contributed by atoms with E-state index in [0.717, 1.165) is 34.9 Å². The van der Waals surface area contributed by atoms with Crippen LogP contribution >= 0.6 is 0 Å². The summed E-state index contributed by atoms with van der Waals surface area (Å²) < 4.78 is 11.5. The molecule has 0 radical (unpaired) electrons. The number of carbonyl (C=O) groups excluding carboxylic acids is 2. The molecule has 0 saturated heterocycles. The monoisotopic (exact) mass is 493 g/mol. The van der Waals surface area contributed by atoms with Crippen LogP contribution in [0.3, 0.4) is 0 Å². The Balaban J connectivity index is 1.92. The SMILES string of the molecule is CCC(CC)(c1ccc(OCC(=O)C(C)(C)C)c(C)c1)c1ccc2oc(C(=O)NCC(=O)O)cc2c1. The van der Waals surface area contributed by atoms with Gasteiger partial charge >= 0.3 is 5.97 Å². The van der Waals surface area contributed by atoms with Gasteiger partial charge in [-0.2, -0.15) is 0 Å². The number of rotatable bonds is 10. The van der Waals surface area contributed by atoms with Gasteiger partial charge in [-0.15, -0.1) is 0 Å². The van der Waals surface area contributed by atoms with Crippen LogP contribution in [0.5, 0.6) is 5.75 Å². The van der Waals surface area contributed by atoms with E-state index >= 15 is 0 Å². The molecular weight excluding hydrogens is 458 g/mol. The van der Waals surface area contributed by atoms with Crippen LogP contribution < -0.4 is 10.1 Å². The van der Waals surface area contributed by atoms with E-state index in [4.69, 9.17) is 14.3 Å². The number of amides is 1. The number of carboxylic acids is 1. The van der Waals surface area contributed by atoms with Gasteiger partial charge in [-0.3, -0.25) is 14.4 Å². The maximum Gasteiger partial charge on any atom is 0.322 e. The summed E-state index contributed by atoms with van der Waals surface area (Å²) >= 11 is 0. The predicted octanol–water partition coefficient (Wildman–Crippen LogP) is 5.66. The highest BCUT2D eigenvalue weighted by Gasteiger charge is 2.32. The van der Waals surface area contributed by atoms with E-state index in [9.17, 15) is 14.4 Å². The molecule has 36 heavy (non-hydrogen) atoms. The van der Waals surface area contributed by atoms with Crippen molar-refractivity contribution in [3.8, 4) is 5.75 Å². The van der Waals surface area contributed by atoms with Crippen molar-refractivity contribution in [1.29, 1.82) is 0 Å². The number of hydrogen-bond donors (Lipinski definition) is 2. The minimum absolute atomic E-state index is 0.0376. The van der Waals surface area contributed by atoms with Crippen LogP contribution in [0.15, 0.2) is 46.9 Å². The molecule has 7 nitrogen and oxygen atoms in total. The van der Waals surface area contributed by atoms with E-state index in [1.807, 2.05) is 52.0 Å². The van der Waals surface area contributed by atoms with Gasteiger partial charge in [-0.25, -0.2) is 0 Å². The maximum atomic E-state index is 12.3. The molecule has 192 valence electrons. The molecule has 0 fully saturated rings. The summed E-state index contributed by atoms with van der Waals surface area (Å²) in [4.78, 5) is 35.3. The number of ether oxygens (including phenoxy) is 1. The smallest absolute Gasteiger partial charge is 0.322 e. The summed E-state index contributed by atoms with van der Waals surface area (Å²) in [5, 5.41) is 11.9. The molecule has 0 atom stereocenters.